The summed E-state index contributed by atoms with van der Waals surface area (Å²) in [4.78, 5) is 0. The van der Waals surface area contributed by atoms with Crippen LogP contribution in [0.15, 0.2) is 40.9 Å². The predicted octanol–water partition coefficient (Wildman–Crippen LogP) is 4.71. The summed E-state index contributed by atoms with van der Waals surface area (Å²) in [6, 6.07) is 11.4. The van der Waals surface area contributed by atoms with E-state index in [-0.39, 0.29) is 11.9 Å². The maximum atomic E-state index is 13.4. The summed E-state index contributed by atoms with van der Waals surface area (Å²) in [6.07, 6.45) is 0.780. The van der Waals surface area contributed by atoms with E-state index in [0.29, 0.717) is 0 Å². The molecule has 0 aliphatic heterocycles. The van der Waals surface area contributed by atoms with Gasteiger partial charge in [-0.25, -0.2) is 4.39 Å². The lowest BCUT2D eigenvalue weighted by Gasteiger charge is -2.20. The van der Waals surface area contributed by atoms with Crippen molar-refractivity contribution in [3.05, 3.63) is 68.9 Å². The Labute approximate surface area is 128 Å². The summed E-state index contributed by atoms with van der Waals surface area (Å²) in [5, 5.41) is 3.34. The lowest BCUT2D eigenvalue weighted by Crippen LogP contribution is -2.20. The predicted molar refractivity (Wildman–Crippen MR) is 85.5 cm³/mol. The van der Waals surface area contributed by atoms with Gasteiger partial charge in [-0.05, 0) is 73.8 Å². The van der Waals surface area contributed by atoms with Gasteiger partial charge in [-0.15, -0.1) is 0 Å². The van der Waals surface area contributed by atoms with Crippen LogP contribution in [0.25, 0.3) is 0 Å². The highest BCUT2D eigenvalue weighted by Gasteiger charge is 2.14. The number of hydrogen-bond acceptors (Lipinski definition) is 1. The van der Waals surface area contributed by atoms with Crippen molar-refractivity contribution < 1.29 is 4.39 Å². The van der Waals surface area contributed by atoms with Crippen LogP contribution in [0.4, 0.5) is 4.39 Å². The maximum absolute atomic E-state index is 13.4. The Kier molecular flexibility index (Phi) is 4.95. The molecule has 20 heavy (non-hydrogen) atoms. The molecular weight excluding hydrogens is 317 g/mol. The van der Waals surface area contributed by atoms with E-state index in [1.807, 2.05) is 26.1 Å². The Bertz CT molecular complexity index is 610. The summed E-state index contributed by atoms with van der Waals surface area (Å²) in [7, 11) is 1.95. The van der Waals surface area contributed by atoms with E-state index < -0.39 is 0 Å². The van der Waals surface area contributed by atoms with Crippen molar-refractivity contribution in [1.82, 2.24) is 5.32 Å². The number of aryl methyl sites for hydroxylation is 2. The van der Waals surface area contributed by atoms with E-state index in [4.69, 9.17) is 0 Å². The Morgan fingerprint density at radius 3 is 2.50 bits per heavy atom. The third kappa shape index (κ3) is 3.47. The van der Waals surface area contributed by atoms with Crippen molar-refractivity contribution in [2.75, 3.05) is 7.05 Å². The first-order valence-corrected chi connectivity index (χ1v) is 7.49. The molecule has 2 rings (SSSR count). The molecule has 106 valence electrons. The van der Waals surface area contributed by atoms with Crippen LogP contribution in [0.2, 0.25) is 0 Å². The molecule has 2 aromatic carbocycles. The van der Waals surface area contributed by atoms with Crippen LogP contribution >= 0.6 is 15.9 Å². The Morgan fingerprint density at radius 1 is 1.10 bits per heavy atom. The maximum Gasteiger partial charge on any atom is 0.123 e. The molecule has 1 nitrogen and oxygen atoms in total. The Morgan fingerprint density at radius 2 is 1.85 bits per heavy atom. The summed E-state index contributed by atoms with van der Waals surface area (Å²) in [5.41, 5.74) is 4.65. The highest BCUT2D eigenvalue weighted by molar-refractivity contribution is 9.10. The van der Waals surface area contributed by atoms with E-state index in [2.05, 4.69) is 40.3 Å². The number of nitrogens with one attached hydrogen (secondary N) is 1. The fourth-order valence-corrected chi connectivity index (χ4v) is 2.95. The van der Waals surface area contributed by atoms with Crippen molar-refractivity contribution in [3.8, 4) is 0 Å². The second-order valence-electron chi connectivity index (χ2n) is 5.12. The van der Waals surface area contributed by atoms with Gasteiger partial charge in [-0.1, -0.05) is 28.1 Å². The number of hydrogen-bond donors (Lipinski definition) is 1. The zero-order chi connectivity index (χ0) is 14.7. The van der Waals surface area contributed by atoms with Gasteiger partial charge in [0.15, 0.2) is 0 Å². The quantitative estimate of drug-likeness (QED) is 0.853. The molecular formula is C17H19BrFN. The molecule has 0 aromatic heterocycles. The van der Waals surface area contributed by atoms with Gasteiger partial charge >= 0.3 is 0 Å². The summed E-state index contributed by atoms with van der Waals surface area (Å²) < 4.78 is 14.5. The molecule has 0 amide bonds. The number of rotatable bonds is 4. The molecule has 0 radical (unpaired) electrons. The molecule has 3 heteroatoms. The van der Waals surface area contributed by atoms with Crippen molar-refractivity contribution >= 4 is 15.9 Å². The zero-order valence-corrected chi connectivity index (χ0v) is 13.6. The van der Waals surface area contributed by atoms with Crippen LogP contribution in [0, 0.1) is 19.7 Å². The first kappa shape index (κ1) is 15.2. The smallest absolute Gasteiger partial charge is 0.123 e. The second kappa shape index (κ2) is 6.51. The first-order chi connectivity index (χ1) is 9.51. The lowest BCUT2D eigenvalue weighted by atomic mass is 9.93. The molecule has 0 spiro atoms. The molecule has 1 N–H and O–H groups in total. The molecule has 0 bridgehead atoms. The van der Waals surface area contributed by atoms with Gasteiger partial charge in [0.25, 0.3) is 0 Å². The highest BCUT2D eigenvalue weighted by atomic mass is 79.9. The summed E-state index contributed by atoms with van der Waals surface area (Å²) in [5.74, 6) is -0.173. The van der Waals surface area contributed by atoms with Crippen molar-refractivity contribution in [1.29, 1.82) is 0 Å². The van der Waals surface area contributed by atoms with Crippen LogP contribution in [-0.4, -0.2) is 7.05 Å². The minimum atomic E-state index is -0.173. The van der Waals surface area contributed by atoms with E-state index >= 15 is 0 Å². The number of likely N-dealkylation sites (N-methyl/N-ethyl adjacent to an activating group) is 1. The van der Waals surface area contributed by atoms with E-state index in [9.17, 15) is 4.39 Å². The first-order valence-electron chi connectivity index (χ1n) is 6.69. The Balaban J connectivity index is 2.31. The Hall–Kier alpha value is -1.19. The fraction of sp³-hybridized carbons (Fsp3) is 0.294. The molecule has 0 saturated carbocycles. The second-order valence-corrected chi connectivity index (χ2v) is 6.03. The number of benzene rings is 2. The molecule has 1 unspecified atom stereocenters. The SMILES string of the molecule is CNC(Cc1cc(F)ccc1C)c1ccc(Br)cc1C. The molecule has 0 aliphatic rings. The minimum Gasteiger partial charge on any atom is -0.313 e. The van der Waals surface area contributed by atoms with Crippen molar-refractivity contribution in [2.24, 2.45) is 0 Å². The van der Waals surface area contributed by atoms with Crippen LogP contribution < -0.4 is 5.32 Å². The normalized spacial score (nSPS) is 12.4. The molecule has 2 aromatic rings. The molecule has 0 aliphatic carbocycles. The minimum absolute atomic E-state index is 0.173. The third-order valence-corrected chi connectivity index (χ3v) is 4.18. The van der Waals surface area contributed by atoms with Crippen LogP contribution in [0.1, 0.15) is 28.3 Å². The molecule has 0 saturated heterocycles. The largest absolute Gasteiger partial charge is 0.313 e. The van der Waals surface area contributed by atoms with Crippen LogP contribution in [0.3, 0.4) is 0 Å². The van der Waals surface area contributed by atoms with Gasteiger partial charge in [-0.3, -0.25) is 0 Å². The standard InChI is InChI=1S/C17H19BrFN/c1-11-4-6-15(19)9-13(11)10-17(20-3)16-7-5-14(18)8-12(16)2/h4-9,17,20H,10H2,1-3H3. The van der Waals surface area contributed by atoms with E-state index in [0.717, 1.165) is 22.0 Å². The van der Waals surface area contributed by atoms with Gasteiger partial charge in [-0.2, -0.15) is 0 Å². The number of halogens is 2. The molecule has 1 atom stereocenters. The van der Waals surface area contributed by atoms with Crippen molar-refractivity contribution in [3.63, 3.8) is 0 Å². The average Bonchev–Trinajstić information content (AvgIpc) is 2.40. The van der Waals surface area contributed by atoms with Crippen LogP contribution in [-0.2, 0) is 6.42 Å². The topological polar surface area (TPSA) is 12.0 Å². The zero-order valence-electron chi connectivity index (χ0n) is 12.0. The van der Waals surface area contributed by atoms with Gasteiger partial charge < -0.3 is 5.32 Å². The van der Waals surface area contributed by atoms with Gasteiger partial charge in [0.05, 0.1) is 0 Å². The summed E-state index contributed by atoms with van der Waals surface area (Å²) >= 11 is 3.49. The monoisotopic (exact) mass is 335 g/mol. The van der Waals surface area contributed by atoms with Gasteiger partial charge in [0.1, 0.15) is 5.82 Å². The summed E-state index contributed by atoms with van der Waals surface area (Å²) in [6.45, 7) is 4.12. The highest BCUT2D eigenvalue weighted by Crippen LogP contribution is 2.25. The molecule has 0 fully saturated rings. The molecule has 0 heterocycles. The van der Waals surface area contributed by atoms with Crippen molar-refractivity contribution in [2.45, 2.75) is 26.3 Å². The van der Waals surface area contributed by atoms with Gasteiger partial charge in [0, 0.05) is 10.5 Å². The van der Waals surface area contributed by atoms with Gasteiger partial charge in [0.2, 0.25) is 0 Å². The third-order valence-electron chi connectivity index (χ3n) is 3.69. The van der Waals surface area contributed by atoms with Crippen LogP contribution in [0.5, 0.6) is 0 Å². The average molecular weight is 336 g/mol. The van der Waals surface area contributed by atoms with E-state index in [1.165, 1.54) is 17.2 Å². The fourth-order valence-electron chi connectivity index (χ4n) is 2.48. The van der Waals surface area contributed by atoms with E-state index in [1.54, 1.807) is 6.07 Å². The lowest BCUT2D eigenvalue weighted by molar-refractivity contribution is 0.580.